The Morgan fingerprint density at radius 1 is 1.38 bits per heavy atom. The van der Waals surface area contributed by atoms with Crippen molar-refractivity contribution in [3.63, 3.8) is 0 Å². The first-order valence-electron chi connectivity index (χ1n) is 11.3. The van der Waals surface area contributed by atoms with Gasteiger partial charge in [-0.05, 0) is 30.9 Å². The van der Waals surface area contributed by atoms with Gasteiger partial charge < -0.3 is 19.4 Å². The van der Waals surface area contributed by atoms with Gasteiger partial charge in [-0.25, -0.2) is 0 Å². The summed E-state index contributed by atoms with van der Waals surface area (Å²) in [6.45, 7) is -1.29. The van der Waals surface area contributed by atoms with E-state index < -0.39 is 30.1 Å². The molecule has 0 radical (unpaired) electrons. The van der Waals surface area contributed by atoms with Crippen molar-refractivity contribution in [2.24, 2.45) is 5.92 Å². The van der Waals surface area contributed by atoms with Gasteiger partial charge >= 0.3 is 0 Å². The third kappa shape index (κ3) is 1.55. The van der Waals surface area contributed by atoms with Gasteiger partial charge in [-0.2, -0.15) is 0 Å². The summed E-state index contributed by atoms with van der Waals surface area (Å²) in [5, 5.41) is 22.7. The lowest BCUT2D eigenvalue weighted by atomic mass is 9.48. The van der Waals surface area contributed by atoms with E-state index in [1.54, 1.807) is 6.07 Å². The maximum Gasteiger partial charge on any atom is 0.174 e. The van der Waals surface area contributed by atoms with Crippen molar-refractivity contribution in [1.29, 1.82) is 0 Å². The minimum atomic E-state index is -2.24. The van der Waals surface area contributed by atoms with Crippen LogP contribution >= 0.6 is 0 Å². The second kappa shape index (κ2) is 4.45. The van der Waals surface area contributed by atoms with E-state index in [0.29, 0.717) is 37.6 Å². The lowest BCUT2D eigenvalue weighted by Crippen LogP contribution is -2.80. The molecule has 1 spiro atoms. The molecule has 1 aromatic carbocycles. The summed E-state index contributed by atoms with van der Waals surface area (Å²) in [6, 6.07) is 2.88. The van der Waals surface area contributed by atoms with E-state index in [0.717, 1.165) is 24.0 Å². The molecule has 26 heavy (non-hydrogen) atoms. The summed E-state index contributed by atoms with van der Waals surface area (Å²) >= 11 is 0. The highest BCUT2D eigenvalue weighted by Crippen LogP contribution is 2.65. The van der Waals surface area contributed by atoms with Crippen LogP contribution in [-0.4, -0.2) is 58.3 Å². The van der Waals surface area contributed by atoms with Crippen LogP contribution in [0.25, 0.3) is 0 Å². The maximum atomic E-state index is 12.9. The number of aromatic hydroxyl groups is 1. The standard InChI is InChI=1S/C21H25NO4/c1-22(11-12-2-3-12)9-8-20-17-13-4-5-14(23)18(17)26-19(20)15(24)6-7-21(20,25)16(22)10-13/h4-5,12,16,19,25H,2-3,6-11H2,1H3/p+1/t16-,19+,20+,21-,22-/m0/s1/i1D3. The Hall–Kier alpha value is -1.59. The molecule has 1 saturated heterocycles. The number of Topliss-reactive ketones (excluding diaryl/α,β-unsaturated/α-hetero) is 1. The van der Waals surface area contributed by atoms with Crippen molar-refractivity contribution < 1.29 is 28.3 Å². The molecule has 6 rings (SSSR count). The number of hydrogen-bond donors (Lipinski definition) is 2. The first-order valence-corrected chi connectivity index (χ1v) is 9.78. The van der Waals surface area contributed by atoms with Gasteiger partial charge in [0, 0.05) is 30.7 Å². The number of piperidine rings is 1. The van der Waals surface area contributed by atoms with E-state index in [9.17, 15) is 15.0 Å². The average Bonchev–Trinajstić information content (AvgIpc) is 3.38. The summed E-state index contributed by atoms with van der Waals surface area (Å²) in [5.41, 5.74) is -0.624. The van der Waals surface area contributed by atoms with Gasteiger partial charge in [-0.15, -0.1) is 0 Å². The fourth-order valence-corrected chi connectivity index (χ4v) is 6.60. The number of likely N-dealkylation sites (tertiary alicyclic amines) is 1. The van der Waals surface area contributed by atoms with Gasteiger partial charge in [-0.3, -0.25) is 4.79 Å². The van der Waals surface area contributed by atoms with E-state index in [-0.39, 0.29) is 28.9 Å². The van der Waals surface area contributed by atoms with E-state index in [2.05, 4.69) is 0 Å². The Morgan fingerprint density at radius 2 is 2.23 bits per heavy atom. The minimum Gasteiger partial charge on any atom is -0.504 e. The Kier molecular flexibility index (Phi) is 2.18. The lowest BCUT2D eigenvalue weighted by molar-refractivity contribution is -0.950. The molecule has 5 aliphatic rings. The topological polar surface area (TPSA) is 66.8 Å². The second-order valence-electron chi connectivity index (χ2n) is 9.16. The summed E-state index contributed by atoms with van der Waals surface area (Å²) in [4.78, 5) is 12.9. The van der Waals surface area contributed by atoms with Crippen molar-refractivity contribution in [3.8, 4) is 11.5 Å². The van der Waals surface area contributed by atoms with Crippen molar-refractivity contribution in [2.75, 3.05) is 20.1 Å². The molecule has 5 atom stereocenters. The summed E-state index contributed by atoms with van der Waals surface area (Å²) in [6.07, 6.45) is 2.49. The number of aliphatic hydroxyl groups is 1. The molecule has 3 fully saturated rings. The first kappa shape index (κ1) is 12.7. The van der Waals surface area contributed by atoms with Gasteiger partial charge in [0.25, 0.3) is 0 Å². The predicted octanol–water partition coefficient (Wildman–Crippen LogP) is 1.67. The van der Waals surface area contributed by atoms with E-state index >= 15 is 0 Å². The smallest absolute Gasteiger partial charge is 0.174 e. The third-order valence-corrected chi connectivity index (χ3v) is 7.92. The van der Waals surface area contributed by atoms with Crippen LogP contribution in [0.3, 0.4) is 0 Å². The largest absolute Gasteiger partial charge is 0.504 e. The molecule has 1 aromatic rings. The number of ether oxygens (including phenoxy) is 1. The Labute approximate surface area is 157 Å². The highest BCUT2D eigenvalue weighted by atomic mass is 16.5. The number of hydrogen-bond acceptors (Lipinski definition) is 4. The van der Waals surface area contributed by atoms with Crippen LogP contribution in [-0.2, 0) is 16.6 Å². The summed E-state index contributed by atoms with van der Waals surface area (Å²) in [7, 11) is 0. The van der Waals surface area contributed by atoms with E-state index in [1.165, 1.54) is 0 Å². The number of likely N-dealkylation sites (N-methyl/N-ethyl adjacent to an activating group) is 1. The minimum absolute atomic E-state index is 0.0127. The lowest BCUT2D eigenvalue weighted by Gasteiger charge is -2.64. The molecule has 0 unspecified atom stereocenters. The number of ketones is 1. The zero-order chi connectivity index (χ0) is 20.4. The number of benzene rings is 1. The molecule has 0 aromatic heterocycles. The average molecular weight is 359 g/mol. The third-order valence-electron chi connectivity index (χ3n) is 7.92. The maximum absolute atomic E-state index is 12.9. The van der Waals surface area contributed by atoms with Crippen LogP contribution in [0.5, 0.6) is 11.5 Å². The van der Waals surface area contributed by atoms with Crippen LogP contribution in [0.1, 0.15) is 47.3 Å². The molecule has 5 nitrogen and oxygen atoms in total. The molecule has 0 amide bonds. The number of nitrogens with zero attached hydrogens (tertiary/aromatic N) is 1. The van der Waals surface area contributed by atoms with Gasteiger partial charge in [0.2, 0.25) is 0 Å². The van der Waals surface area contributed by atoms with Crippen LogP contribution in [0.2, 0.25) is 0 Å². The Morgan fingerprint density at radius 3 is 3.00 bits per heavy atom. The SMILES string of the molecule is [2H]C([2H])([2H])[N@@+]1(CC2CC2)CC[C@@]23c4c5ccc(O)c4O[C@@H]2C(=O)CC[C@]3(O)[C@@H]1C5. The summed E-state index contributed by atoms with van der Waals surface area (Å²) < 4.78 is 31.4. The normalized spacial score (nSPS) is 47.4. The predicted molar refractivity (Wildman–Crippen MR) is 94.1 cm³/mol. The monoisotopic (exact) mass is 359 g/mol. The van der Waals surface area contributed by atoms with Crippen LogP contribution in [0.4, 0.5) is 0 Å². The quantitative estimate of drug-likeness (QED) is 0.789. The molecule has 2 bridgehead atoms. The molecular weight excluding hydrogens is 330 g/mol. The number of phenols is 1. The van der Waals surface area contributed by atoms with Crippen LogP contribution in [0, 0.1) is 5.92 Å². The van der Waals surface area contributed by atoms with Crippen molar-refractivity contribution in [3.05, 3.63) is 23.3 Å². The van der Waals surface area contributed by atoms with Crippen molar-refractivity contribution in [2.45, 2.75) is 61.7 Å². The first-order chi connectivity index (χ1) is 13.6. The molecule has 2 heterocycles. The molecular formula is C21H26NO4+. The molecule has 2 saturated carbocycles. The highest BCUT2D eigenvalue weighted by Gasteiger charge is 2.76. The van der Waals surface area contributed by atoms with E-state index in [4.69, 9.17) is 8.85 Å². The van der Waals surface area contributed by atoms with Gasteiger partial charge in [0.1, 0.15) is 11.6 Å². The summed E-state index contributed by atoms with van der Waals surface area (Å²) in [5.74, 6) is 0.635. The zero-order valence-corrected chi connectivity index (χ0v) is 14.7. The Balaban J connectivity index is 1.62. The van der Waals surface area contributed by atoms with Gasteiger partial charge in [0.05, 0.1) is 29.6 Å². The zero-order valence-electron chi connectivity index (χ0n) is 17.7. The number of quaternary nitrogens is 1. The fraction of sp³-hybridized carbons (Fsp3) is 0.667. The number of carbonyl (C=O) groups excluding carboxylic acids is 1. The molecule has 2 aliphatic heterocycles. The van der Waals surface area contributed by atoms with Gasteiger partial charge in [0.15, 0.2) is 23.4 Å². The Bertz CT molecular complexity index is 945. The van der Waals surface area contributed by atoms with E-state index in [1.807, 2.05) is 6.07 Å². The highest BCUT2D eigenvalue weighted by molar-refractivity contribution is 5.90. The molecule has 5 heteroatoms. The molecule has 3 aliphatic carbocycles. The fourth-order valence-electron chi connectivity index (χ4n) is 6.60. The van der Waals surface area contributed by atoms with Gasteiger partial charge in [-0.1, -0.05) is 6.07 Å². The van der Waals surface area contributed by atoms with Crippen LogP contribution in [0.15, 0.2) is 12.1 Å². The second-order valence-corrected chi connectivity index (χ2v) is 9.16. The van der Waals surface area contributed by atoms with Crippen molar-refractivity contribution >= 4 is 5.78 Å². The molecule has 2 N–H and O–H groups in total. The number of phenolic OH excluding ortho intramolecular Hbond substituents is 1. The molecule has 138 valence electrons. The number of carbonyl (C=O) groups is 1. The number of rotatable bonds is 2. The van der Waals surface area contributed by atoms with Crippen molar-refractivity contribution in [1.82, 2.24) is 0 Å². The van der Waals surface area contributed by atoms with Crippen LogP contribution < -0.4 is 4.74 Å².